The first kappa shape index (κ1) is 11.2. The van der Waals surface area contributed by atoms with Gasteiger partial charge in [-0.2, -0.15) is 0 Å². The zero-order valence-corrected chi connectivity index (χ0v) is 11.0. The maximum absolute atomic E-state index is 4.52. The maximum atomic E-state index is 4.52. The quantitative estimate of drug-likeness (QED) is 0.892. The summed E-state index contributed by atoms with van der Waals surface area (Å²) in [6, 6.07) is 5.16. The summed E-state index contributed by atoms with van der Waals surface area (Å²) in [6.45, 7) is 3.37. The van der Waals surface area contributed by atoms with Gasteiger partial charge in [0.1, 0.15) is 0 Å². The summed E-state index contributed by atoms with van der Waals surface area (Å²) >= 11 is 1.79. The molecule has 3 rings (SSSR count). The van der Waals surface area contributed by atoms with Crippen LogP contribution in [0.2, 0.25) is 0 Å². The normalized spacial score (nSPS) is 23.8. The third kappa shape index (κ3) is 2.22. The van der Waals surface area contributed by atoms with Crippen LogP contribution in [0.4, 0.5) is 0 Å². The predicted molar refractivity (Wildman–Crippen MR) is 73.7 cm³/mol. The van der Waals surface area contributed by atoms with E-state index in [1.807, 2.05) is 0 Å². The Morgan fingerprint density at radius 1 is 1.47 bits per heavy atom. The van der Waals surface area contributed by atoms with Gasteiger partial charge in [0.25, 0.3) is 0 Å². The molecule has 1 N–H and O–H groups in total. The number of hydrogen-bond donors (Lipinski definition) is 1. The van der Waals surface area contributed by atoms with Crippen LogP contribution in [0.15, 0.2) is 23.7 Å². The third-order valence-electron chi connectivity index (χ3n) is 3.62. The van der Waals surface area contributed by atoms with E-state index < -0.39 is 0 Å². The van der Waals surface area contributed by atoms with Crippen molar-refractivity contribution in [1.82, 2.24) is 10.3 Å². The molecule has 90 valence electrons. The average molecular weight is 246 g/mol. The molecule has 1 aliphatic carbocycles. The van der Waals surface area contributed by atoms with Gasteiger partial charge in [0.15, 0.2) is 0 Å². The van der Waals surface area contributed by atoms with Gasteiger partial charge in [-0.3, -0.25) is 4.98 Å². The molecule has 3 heteroatoms. The van der Waals surface area contributed by atoms with Gasteiger partial charge < -0.3 is 5.32 Å². The summed E-state index contributed by atoms with van der Waals surface area (Å²) in [4.78, 5) is 4.52. The van der Waals surface area contributed by atoms with Crippen molar-refractivity contribution in [2.45, 2.75) is 38.1 Å². The van der Waals surface area contributed by atoms with Crippen molar-refractivity contribution in [3.63, 3.8) is 0 Å². The van der Waals surface area contributed by atoms with Crippen LogP contribution in [0.5, 0.6) is 0 Å². The lowest BCUT2D eigenvalue weighted by atomic mass is 9.76. The van der Waals surface area contributed by atoms with Gasteiger partial charge in [-0.15, -0.1) is 11.3 Å². The van der Waals surface area contributed by atoms with Crippen molar-refractivity contribution in [1.29, 1.82) is 0 Å². The van der Waals surface area contributed by atoms with Crippen molar-refractivity contribution in [2.75, 3.05) is 6.54 Å². The van der Waals surface area contributed by atoms with Crippen LogP contribution < -0.4 is 5.32 Å². The fourth-order valence-electron chi connectivity index (χ4n) is 2.49. The van der Waals surface area contributed by atoms with E-state index in [2.05, 4.69) is 40.9 Å². The lowest BCUT2D eigenvalue weighted by molar-refractivity contribution is 0.292. The fourth-order valence-corrected chi connectivity index (χ4v) is 3.28. The van der Waals surface area contributed by atoms with Crippen LogP contribution >= 0.6 is 11.3 Å². The summed E-state index contributed by atoms with van der Waals surface area (Å²) < 4.78 is 1.33. The maximum Gasteiger partial charge on any atom is 0.0809 e. The van der Waals surface area contributed by atoms with Gasteiger partial charge in [0.05, 0.1) is 10.2 Å². The van der Waals surface area contributed by atoms with Gasteiger partial charge >= 0.3 is 0 Å². The molecule has 2 aromatic heterocycles. The standard InChI is InChI=1S/C14H18N2S/c1-2-4-15-12-6-10(7-12)11-8-14-13(16-9-11)3-5-17-14/h3,5,8-10,12,15H,2,4,6-7H2,1H3. The molecule has 0 aromatic carbocycles. The molecule has 2 nitrogen and oxygen atoms in total. The highest BCUT2D eigenvalue weighted by atomic mass is 32.1. The van der Waals surface area contributed by atoms with E-state index in [0.717, 1.165) is 24.0 Å². The van der Waals surface area contributed by atoms with E-state index in [-0.39, 0.29) is 0 Å². The van der Waals surface area contributed by atoms with E-state index in [4.69, 9.17) is 0 Å². The molecule has 0 amide bonds. The molecule has 0 aliphatic heterocycles. The fraction of sp³-hybridized carbons (Fsp3) is 0.500. The minimum atomic E-state index is 0.725. The third-order valence-corrected chi connectivity index (χ3v) is 4.47. The summed E-state index contributed by atoms with van der Waals surface area (Å²) in [5, 5.41) is 5.70. The first-order chi connectivity index (χ1) is 8.36. The molecule has 2 heterocycles. The lowest BCUT2D eigenvalue weighted by Gasteiger charge is -2.36. The monoisotopic (exact) mass is 246 g/mol. The number of nitrogens with zero attached hydrogens (tertiary/aromatic N) is 1. The van der Waals surface area contributed by atoms with Crippen molar-refractivity contribution < 1.29 is 0 Å². The average Bonchev–Trinajstić information content (AvgIpc) is 2.74. The molecule has 2 aromatic rings. The van der Waals surface area contributed by atoms with Crippen LogP contribution in [0, 0.1) is 0 Å². The summed E-state index contributed by atoms with van der Waals surface area (Å²) in [6.07, 6.45) is 5.84. The molecule has 17 heavy (non-hydrogen) atoms. The van der Waals surface area contributed by atoms with Crippen molar-refractivity contribution in [3.8, 4) is 0 Å². The largest absolute Gasteiger partial charge is 0.314 e. The highest BCUT2D eigenvalue weighted by Gasteiger charge is 2.29. The van der Waals surface area contributed by atoms with Crippen LogP contribution in [0.1, 0.15) is 37.7 Å². The second-order valence-corrected chi connectivity index (χ2v) is 5.84. The predicted octanol–water partition coefficient (Wildman–Crippen LogP) is 3.54. The highest BCUT2D eigenvalue weighted by Crippen LogP contribution is 2.37. The Balaban J connectivity index is 1.66. The molecule has 0 unspecified atom stereocenters. The Hall–Kier alpha value is -0.930. The van der Waals surface area contributed by atoms with Crippen LogP contribution in [-0.4, -0.2) is 17.6 Å². The summed E-state index contributed by atoms with van der Waals surface area (Å²) in [5.74, 6) is 0.725. The van der Waals surface area contributed by atoms with Gasteiger partial charge in [0.2, 0.25) is 0 Å². The molecule has 1 fully saturated rings. The Morgan fingerprint density at radius 3 is 3.18 bits per heavy atom. The van der Waals surface area contributed by atoms with E-state index in [1.54, 1.807) is 11.3 Å². The first-order valence-corrected chi connectivity index (χ1v) is 7.31. The molecule has 0 spiro atoms. The van der Waals surface area contributed by atoms with Crippen molar-refractivity contribution in [3.05, 3.63) is 29.3 Å². The summed E-state index contributed by atoms with van der Waals surface area (Å²) in [7, 11) is 0. The SMILES string of the molecule is CCCNC1CC(c2cnc3ccsc3c2)C1. The van der Waals surface area contributed by atoms with Gasteiger partial charge in [0, 0.05) is 12.2 Å². The van der Waals surface area contributed by atoms with Crippen molar-refractivity contribution in [2.24, 2.45) is 0 Å². The molecule has 1 aliphatic rings. The van der Waals surface area contributed by atoms with E-state index in [9.17, 15) is 0 Å². The molecule has 0 bridgehead atoms. The topological polar surface area (TPSA) is 24.9 Å². The number of hydrogen-bond acceptors (Lipinski definition) is 3. The minimum Gasteiger partial charge on any atom is -0.314 e. The molecule has 1 saturated carbocycles. The Kier molecular flexibility index (Phi) is 3.12. The van der Waals surface area contributed by atoms with Crippen LogP contribution in [0.25, 0.3) is 10.2 Å². The Morgan fingerprint density at radius 2 is 2.35 bits per heavy atom. The van der Waals surface area contributed by atoms with Crippen molar-refractivity contribution >= 4 is 21.6 Å². The number of aromatic nitrogens is 1. The molecule has 0 radical (unpaired) electrons. The first-order valence-electron chi connectivity index (χ1n) is 6.43. The van der Waals surface area contributed by atoms with Gasteiger partial charge in [-0.05, 0) is 54.8 Å². The summed E-state index contributed by atoms with van der Waals surface area (Å²) in [5.41, 5.74) is 2.56. The highest BCUT2D eigenvalue weighted by molar-refractivity contribution is 7.17. The number of pyridine rings is 1. The van der Waals surface area contributed by atoms with Crippen LogP contribution in [0.3, 0.4) is 0 Å². The zero-order chi connectivity index (χ0) is 11.7. The van der Waals surface area contributed by atoms with Crippen LogP contribution in [-0.2, 0) is 0 Å². The molecular weight excluding hydrogens is 228 g/mol. The van der Waals surface area contributed by atoms with E-state index >= 15 is 0 Å². The Bertz CT molecular complexity index is 500. The number of rotatable bonds is 4. The minimum absolute atomic E-state index is 0.725. The van der Waals surface area contributed by atoms with Gasteiger partial charge in [-0.1, -0.05) is 6.92 Å². The Labute approximate surface area is 106 Å². The number of fused-ring (bicyclic) bond motifs is 1. The second kappa shape index (κ2) is 4.75. The zero-order valence-electron chi connectivity index (χ0n) is 10.1. The lowest BCUT2D eigenvalue weighted by Crippen LogP contribution is -2.40. The molecule has 0 saturated heterocycles. The number of thiophene rings is 1. The molecule has 0 atom stereocenters. The smallest absolute Gasteiger partial charge is 0.0809 e. The van der Waals surface area contributed by atoms with E-state index in [0.29, 0.717) is 0 Å². The number of nitrogens with one attached hydrogen (secondary N) is 1. The second-order valence-electron chi connectivity index (χ2n) is 4.89. The van der Waals surface area contributed by atoms with E-state index in [1.165, 1.54) is 29.5 Å². The molecular formula is C14H18N2S. The van der Waals surface area contributed by atoms with Gasteiger partial charge in [-0.25, -0.2) is 0 Å².